The number of aliphatic hydroxyl groups excluding tert-OH is 1. The average Bonchev–Trinajstić information content (AvgIpc) is 1.29. The lowest BCUT2D eigenvalue weighted by Crippen LogP contribution is -2.59. The number of aliphatic hydroxyl groups is 1. The van der Waals surface area contributed by atoms with Crippen LogP contribution in [-0.2, 0) is 23.9 Å². The molecule has 0 spiro atoms. The van der Waals surface area contributed by atoms with Crippen molar-refractivity contribution in [2.24, 2.45) is 17.3 Å². The molecule has 5 amide bonds. The number of carbonyl (C=O) groups excluding carboxylic acids is 5. The number of alkyl halides is 1. The molecule has 7 saturated heterocycles. The number of halogens is 3. The molecule has 1 saturated carbocycles. The summed E-state index contributed by atoms with van der Waals surface area (Å²) in [5, 5.41) is 32.1. The number of phenols is 1. The number of phenolic OH excluding ortho intramolecular Hbond substituents is 1. The molecular formula is C75H87F3N12O9S. The number of fused-ring (bicyclic) bond motifs is 5. The number of thiazole rings is 1. The van der Waals surface area contributed by atoms with E-state index in [1.54, 1.807) is 31.2 Å². The molecule has 6 aromatic rings. The second-order valence-electron chi connectivity index (χ2n) is 30.3. The number of likely N-dealkylation sites (tertiary alicyclic amines) is 3. The van der Waals surface area contributed by atoms with Crippen LogP contribution in [0.3, 0.4) is 0 Å². The number of aryl methyl sites for hydroxylation is 1. The molecule has 100 heavy (non-hydrogen) atoms. The van der Waals surface area contributed by atoms with E-state index in [2.05, 4.69) is 48.2 Å². The van der Waals surface area contributed by atoms with Gasteiger partial charge in [0.1, 0.15) is 53.9 Å². The third-order valence-corrected chi connectivity index (χ3v) is 23.3. The van der Waals surface area contributed by atoms with Gasteiger partial charge in [-0.3, -0.25) is 29.1 Å². The first-order valence-electron chi connectivity index (χ1n) is 35.3. The highest BCUT2D eigenvalue weighted by Crippen LogP contribution is 2.46. The first-order valence-corrected chi connectivity index (χ1v) is 36.1. The highest BCUT2D eigenvalue weighted by molar-refractivity contribution is 7.13. The van der Waals surface area contributed by atoms with Crippen LogP contribution in [0.2, 0.25) is 0 Å². The van der Waals surface area contributed by atoms with Crippen molar-refractivity contribution in [3.05, 3.63) is 101 Å². The molecule has 8 atom stereocenters. The van der Waals surface area contributed by atoms with Crippen molar-refractivity contribution in [2.45, 2.75) is 171 Å². The lowest BCUT2D eigenvalue weighted by atomic mass is 9.83. The Morgan fingerprint density at radius 1 is 0.900 bits per heavy atom. The summed E-state index contributed by atoms with van der Waals surface area (Å²) in [7, 11) is 0. The third-order valence-electron chi connectivity index (χ3n) is 22.3. The Balaban J connectivity index is 0.582. The van der Waals surface area contributed by atoms with Crippen LogP contribution in [0, 0.1) is 48.2 Å². The van der Waals surface area contributed by atoms with Crippen molar-refractivity contribution in [1.82, 2.24) is 55.5 Å². The monoisotopic (exact) mass is 1390 g/mol. The van der Waals surface area contributed by atoms with E-state index in [1.165, 1.54) is 46.7 Å². The minimum absolute atomic E-state index is 0.0188. The maximum Gasteiger partial charge on any atom is 0.409 e. The predicted molar refractivity (Wildman–Crippen MR) is 372 cm³/mol. The Kier molecular flexibility index (Phi) is 18.9. The number of terminal acetylenes is 1. The van der Waals surface area contributed by atoms with Gasteiger partial charge in [-0.25, -0.2) is 22.9 Å². The van der Waals surface area contributed by atoms with Gasteiger partial charge in [0.25, 0.3) is 5.91 Å². The number of piperazine rings is 1. The zero-order valence-corrected chi connectivity index (χ0v) is 57.9. The van der Waals surface area contributed by atoms with E-state index in [0.717, 1.165) is 79.5 Å². The molecule has 10 heterocycles. The number of anilines is 1. The fourth-order valence-corrected chi connectivity index (χ4v) is 17.5. The Morgan fingerprint density at radius 3 is 2.28 bits per heavy atom. The van der Waals surface area contributed by atoms with Crippen molar-refractivity contribution >= 4 is 68.6 Å². The summed E-state index contributed by atoms with van der Waals surface area (Å²) in [4.78, 5) is 99.1. The van der Waals surface area contributed by atoms with Crippen LogP contribution in [0.15, 0.2) is 72.4 Å². The Labute approximate surface area is 583 Å². The van der Waals surface area contributed by atoms with Crippen molar-refractivity contribution < 1.29 is 56.8 Å². The number of nitrogens with zero attached hydrogens (tertiary/aromatic N) is 9. The second kappa shape index (κ2) is 27.5. The average molecular weight is 1390 g/mol. The molecule has 2 bridgehead atoms. The molecule has 14 rings (SSSR count). The first kappa shape index (κ1) is 68.7. The van der Waals surface area contributed by atoms with Crippen molar-refractivity contribution in [2.75, 3.05) is 70.5 Å². The molecular weight excluding hydrogens is 1300 g/mol. The number of carbonyl (C=O) groups is 5. The number of β-amino-alcohol motifs (C(OH)–C–C–N with tert-alkyl or cyclic N) is 1. The first-order chi connectivity index (χ1) is 47.9. The van der Waals surface area contributed by atoms with Crippen LogP contribution in [0.5, 0.6) is 11.8 Å². The van der Waals surface area contributed by atoms with Gasteiger partial charge in [-0.15, -0.1) is 17.8 Å². The van der Waals surface area contributed by atoms with Crippen LogP contribution in [0.1, 0.15) is 134 Å². The van der Waals surface area contributed by atoms with Gasteiger partial charge in [-0.2, -0.15) is 9.97 Å². The summed E-state index contributed by atoms with van der Waals surface area (Å²) in [5.74, 6) is -0.113. The molecule has 8 fully saturated rings. The van der Waals surface area contributed by atoms with E-state index in [4.69, 9.17) is 25.9 Å². The standard InChI is InChI=1S/C75H87F3N12O9S/c1-7-54-57(76)15-12-48-29-52(91)30-55(61(48)54)63-62(77)64-56(34-79-63)67(88-36-49-13-14-50(37-88)81-49)85-71(83-64)99-40-74-21-16-51(90(74)35-42(2)33-74)39-98-72(97)87-26-19-45(20-27-87)28-44-17-24-86(25-18-44)60(93)32-58(46-8-10-47(11-9-46)65-43(3)80-41-100-65)82-68(94)59-31-53(92)38-89(59)69(95)66(73(4,5)6)84-70(96)75(78)22-23-75/h1,8-12,15,29-30,34,41,44-45,49-51,53,58-59,66,81,91-92H,2,13-14,16-28,31-33,35-40H2,3-6H3,(H,82,94)(H,84,96)/t49?,50?,51-,53+,58-,59-,66+,74-/m0/s1. The number of benzene rings is 3. The number of nitrogens with one attached hydrogen (secondary N) is 3. The van der Waals surface area contributed by atoms with E-state index in [9.17, 15) is 38.6 Å². The number of hydrogen-bond acceptors (Lipinski definition) is 17. The van der Waals surface area contributed by atoms with Crippen molar-refractivity contribution in [3.8, 4) is 45.8 Å². The number of amides is 5. The molecule has 3 aromatic heterocycles. The molecule has 7 aliphatic heterocycles. The van der Waals surface area contributed by atoms with Gasteiger partial charge in [-0.1, -0.05) is 69.2 Å². The van der Waals surface area contributed by atoms with E-state index >= 15 is 8.78 Å². The molecule has 528 valence electrons. The smallest absolute Gasteiger partial charge is 0.409 e. The maximum absolute atomic E-state index is 17.4. The number of aromatic nitrogens is 4. The topological polar surface area (TPSA) is 248 Å². The molecule has 5 N–H and O–H groups in total. The maximum atomic E-state index is 17.4. The van der Waals surface area contributed by atoms with E-state index in [1.807, 2.05) is 36.1 Å². The van der Waals surface area contributed by atoms with E-state index < -0.39 is 70.2 Å². The minimum Gasteiger partial charge on any atom is -0.508 e. The van der Waals surface area contributed by atoms with Gasteiger partial charge < -0.3 is 55.2 Å². The summed E-state index contributed by atoms with van der Waals surface area (Å²) in [6, 6.07) is 10.4. The van der Waals surface area contributed by atoms with Crippen molar-refractivity contribution in [1.29, 1.82) is 0 Å². The Bertz CT molecular complexity index is 4230. The number of pyridine rings is 1. The number of hydrogen-bond donors (Lipinski definition) is 5. The van der Waals surface area contributed by atoms with Crippen LogP contribution >= 0.6 is 11.3 Å². The van der Waals surface area contributed by atoms with E-state index in [0.29, 0.717) is 86.2 Å². The SMILES string of the molecule is C#Cc1c(F)ccc2cc(O)cc(-c3ncc4c(N5CC6CCC(C5)N6)nc(OC[C@@]56CC[C@@H](COC(=O)N7CCC(CC8CCN(C(=O)C[C@H](NC(=O)[C@@H]9C[C@@H](O)CN9C(=O)[C@@H](NC(=O)C9(F)CC9)C(C)(C)C)c9ccc(-c%10scnc%10C)cc9)CC8)CC7)N5CC(=C)C6)nc4c3F)c12. The van der Waals surface area contributed by atoms with Gasteiger partial charge >= 0.3 is 12.1 Å². The van der Waals surface area contributed by atoms with E-state index in [-0.39, 0.29) is 115 Å². The van der Waals surface area contributed by atoms with Crippen LogP contribution in [-0.4, -0.2) is 193 Å². The van der Waals surface area contributed by atoms with Crippen LogP contribution in [0.25, 0.3) is 43.4 Å². The number of aromatic hydroxyl groups is 1. The van der Waals surface area contributed by atoms with Gasteiger partial charge in [0.15, 0.2) is 11.5 Å². The summed E-state index contributed by atoms with van der Waals surface area (Å²) in [6.45, 7) is 15.8. The molecule has 2 unspecified atom stereocenters. The quantitative estimate of drug-likeness (QED) is 0.0397. The van der Waals surface area contributed by atoms with Gasteiger partial charge in [0, 0.05) is 94.1 Å². The highest BCUT2D eigenvalue weighted by atomic mass is 32.1. The summed E-state index contributed by atoms with van der Waals surface area (Å²) in [6.07, 6.45) is 14.3. The Hall–Kier alpha value is -8.44. The second-order valence-corrected chi connectivity index (χ2v) is 31.2. The number of rotatable bonds is 18. The summed E-state index contributed by atoms with van der Waals surface area (Å²) < 4.78 is 60.3. The fourth-order valence-electron chi connectivity index (χ4n) is 16.7. The molecule has 0 radical (unpaired) electrons. The summed E-state index contributed by atoms with van der Waals surface area (Å²) >= 11 is 1.52. The molecule has 25 heteroatoms. The molecule has 3 aromatic carbocycles. The number of piperidine rings is 2. The zero-order chi connectivity index (χ0) is 70.1. The Morgan fingerprint density at radius 2 is 1.61 bits per heavy atom. The van der Waals surface area contributed by atoms with Crippen LogP contribution in [0.4, 0.5) is 23.8 Å². The molecule has 8 aliphatic rings. The van der Waals surface area contributed by atoms with Gasteiger partial charge in [0.2, 0.25) is 17.7 Å². The largest absolute Gasteiger partial charge is 0.508 e. The molecule has 1 aliphatic carbocycles. The predicted octanol–water partition coefficient (Wildman–Crippen LogP) is 9.44. The lowest BCUT2D eigenvalue weighted by molar-refractivity contribution is -0.145. The number of ether oxygens (including phenoxy) is 2. The highest BCUT2D eigenvalue weighted by Gasteiger charge is 2.55. The zero-order valence-electron chi connectivity index (χ0n) is 57.0. The third kappa shape index (κ3) is 13.8. The lowest BCUT2D eigenvalue weighted by Gasteiger charge is -2.37. The van der Waals surface area contributed by atoms with Gasteiger partial charge in [-0.05, 0) is 136 Å². The fraction of sp³-hybridized carbons (Fsp3) is 0.533. The minimum atomic E-state index is -2.03. The van der Waals surface area contributed by atoms with Gasteiger partial charge in [0.05, 0.1) is 51.1 Å². The molecule has 21 nitrogen and oxygen atoms in total. The van der Waals surface area contributed by atoms with Crippen molar-refractivity contribution in [3.63, 3.8) is 0 Å². The van der Waals surface area contributed by atoms with Crippen LogP contribution < -0.4 is 25.6 Å². The normalized spacial score (nSPS) is 24.5. The summed E-state index contributed by atoms with van der Waals surface area (Å²) in [5.41, 5.74) is 1.75.